The van der Waals surface area contributed by atoms with Gasteiger partial charge in [0.1, 0.15) is 11.6 Å². The first-order valence-corrected chi connectivity index (χ1v) is 8.17. The zero-order chi connectivity index (χ0) is 17.8. The van der Waals surface area contributed by atoms with Crippen molar-refractivity contribution >= 4 is 23.4 Å². The van der Waals surface area contributed by atoms with E-state index < -0.39 is 11.7 Å². The van der Waals surface area contributed by atoms with Crippen molar-refractivity contribution in [1.82, 2.24) is 14.9 Å². The van der Waals surface area contributed by atoms with E-state index in [2.05, 4.69) is 15.5 Å². The molecule has 0 fully saturated rings. The van der Waals surface area contributed by atoms with E-state index in [0.29, 0.717) is 16.5 Å². The maximum atomic E-state index is 13.5. The van der Waals surface area contributed by atoms with Crippen LogP contribution in [0.5, 0.6) is 0 Å². The molecule has 0 unspecified atom stereocenters. The van der Waals surface area contributed by atoms with E-state index in [9.17, 15) is 13.6 Å². The molecule has 2 aromatic carbocycles. The molecule has 0 spiro atoms. The number of halogens is 2. The molecule has 25 heavy (non-hydrogen) atoms. The highest BCUT2D eigenvalue weighted by Crippen LogP contribution is 2.22. The Balaban J connectivity index is 1.65. The Labute approximate surface area is 146 Å². The van der Waals surface area contributed by atoms with Crippen molar-refractivity contribution < 1.29 is 13.6 Å². The fourth-order valence-electron chi connectivity index (χ4n) is 2.05. The molecule has 1 heterocycles. The van der Waals surface area contributed by atoms with Gasteiger partial charge < -0.3 is 11.2 Å². The number of thioether (sulfide) groups is 1. The number of nitrogen functional groups attached to an aromatic ring is 1. The van der Waals surface area contributed by atoms with E-state index in [1.807, 2.05) is 0 Å². The van der Waals surface area contributed by atoms with Crippen molar-refractivity contribution in [2.45, 2.75) is 5.16 Å². The Morgan fingerprint density at radius 2 is 1.84 bits per heavy atom. The molecule has 0 bridgehead atoms. The molecule has 0 aliphatic heterocycles. The summed E-state index contributed by atoms with van der Waals surface area (Å²) in [5.74, 6) is 4.96. The van der Waals surface area contributed by atoms with Crippen LogP contribution >= 0.6 is 11.8 Å². The molecule has 3 N–H and O–H groups in total. The molecule has 0 radical (unpaired) electrons. The lowest BCUT2D eigenvalue weighted by atomic mass is 10.2. The smallest absolute Gasteiger partial charge is 0.234 e. The highest BCUT2D eigenvalue weighted by atomic mass is 32.2. The number of para-hydroxylation sites is 1. The lowest BCUT2D eigenvalue weighted by Gasteiger charge is -2.06. The van der Waals surface area contributed by atoms with Crippen LogP contribution in [0.3, 0.4) is 0 Å². The first kappa shape index (κ1) is 16.9. The van der Waals surface area contributed by atoms with Gasteiger partial charge in [0.2, 0.25) is 11.1 Å². The van der Waals surface area contributed by atoms with Crippen LogP contribution in [0.2, 0.25) is 0 Å². The molecule has 3 rings (SSSR count). The second-order valence-corrected chi connectivity index (χ2v) is 5.94. The quantitative estimate of drug-likeness (QED) is 0.539. The largest absolute Gasteiger partial charge is 0.335 e. The number of aromatic nitrogens is 3. The topological polar surface area (TPSA) is 85.8 Å². The van der Waals surface area contributed by atoms with Crippen molar-refractivity contribution in [3.05, 3.63) is 60.2 Å². The standard InChI is InChI=1S/C16H13F2N5OS/c17-11-7-5-10(6-8-11)15-21-22-16(23(15)19)25-9-14(24)20-13-4-2-1-3-12(13)18/h1-8H,9,19H2,(H,20,24). The monoisotopic (exact) mass is 361 g/mol. The summed E-state index contributed by atoms with van der Waals surface area (Å²) in [6.45, 7) is 0. The molecule has 1 aromatic heterocycles. The summed E-state index contributed by atoms with van der Waals surface area (Å²) in [5, 5.41) is 10.6. The number of hydrogen-bond acceptors (Lipinski definition) is 5. The first-order valence-electron chi connectivity index (χ1n) is 7.18. The fourth-order valence-corrected chi connectivity index (χ4v) is 2.71. The normalized spacial score (nSPS) is 10.6. The molecule has 128 valence electrons. The number of amides is 1. The molecule has 0 atom stereocenters. The number of carbonyl (C=O) groups is 1. The van der Waals surface area contributed by atoms with Gasteiger partial charge in [-0.2, -0.15) is 0 Å². The molecule has 0 saturated heterocycles. The number of nitrogens with one attached hydrogen (secondary N) is 1. The average Bonchev–Trinajstić information content (AvgIpc) is 2.97. The second kappa shape index (κ2) is 7.31. The Morgan fingerprint density at radius 1 is 1.12 bits per heavy atom. The molecule has 0 saturated carbocycles. The van der Waals surface area contributed by atoms with Crippen LogP contribution in [-0.2, 0) is 4.79 Å². The third-order valence-corrected chi connectivity index (χ3v) is 4.19. The van der Waals surface area contributed by atoms with Crippen LogP contribution in [0.25, 0.3) is 11.4 Å². The number of nitrogens with two attached hydrogens (primary N) is 1. The van der Waals surface area contributed by atoms with Crippen molar-refractivity contribution in [2.24, 2.45) is 0 Å². The van der Waals surface area contributed by atoms with E-state index in [-0.39, 0.29) is 17.3 Å². The third kappa shape index (κ3) is 3.94. The van der Waals surface area contributed by atoms with Crippen LogP contribution in [0.15, 0.2) is 53.7 Å². The van der Waals surface area contributed by atoms with Crippen molar-refractivity contribution in [3.63, 3.8) is 0 Å². The van der Waals surface area contributed by atoms with Crippen LogP contribution in [0.1, 0.15) is 0 Å². The van der Waals surface area contributed by atoms with E-state index in [4.69, 9.17) is 5.84 Å². The van der Waals surface area contributed by atoms with Gasteiger partial charge in [-0.05, 0) is 36.4 Å². The Bertz CT molecular complexity index is 898. The Kier molecular flexibility index (Phi) is 4.94. The van der Waals surface area contributed by atoms with Crippen molar-refractivity contribution in [3.8, 4) is 11.4 Å². The molecular formula is C16H13F2N5OS. The van der Waals surface area contributed by atoms with Gasteiger partial charge in [0.05, 0.1) is 11.4 Å². The van der Waals surface area contributed by atoms with Gasteiger partial charge in [0.25, 0.3) is 0 Å². The maximum absolute atomic E-state index is 13.5. The first-order chi connectivity index (χ1) is 12.0. The van der Waals surface area contributed by atoms with Crippen LogP contribution in [0.4, 0.5) is 14.5 Å². The SMILES string of the molecule is Nn1c(SCC(=O)Nc2ccccc2F)nnc1-c1ccc(F)cc1. The van der Waals surface area contributed by atoms with Gasteiger partial charge in [-0.25, -0.2) is 13.5 Å². The van der Waals surface area contributed by atoms with E-state index in [1.54, 1.807) is 6.07 Å². The Morgan fingerprint density at radius 3 is 2.56 bits per heavy atom. The van der Waals surface area contributed by atoms with Crippen LogP contribution < -0.4 is 11.2 Å². The fraction of sp³-hybridized carbons (Fsp3) is 0.0625. The average molecular weight is 361 g/mol. The Hall–Kier alpha value is -2.94. The molecule has 0 aliphatic carbocycles. The van der Waals surface area contributed by atoms with Crippen molar-refractivity contribution in [2.75, 3.05) is 16.9 Å². The maximum Gasteiger partial charge on any atom is 0.234 e. The minimum atomic E-state index is -0.513. The summed E-state index contributed by atoms with van der Waals surface area (Å²) in [6, 6.07) is 11.5. The summed E-state index contributed by atoms with van der Waals surface area (Å²) in [4.78, 5) is 11.9. The van der Waals surface area contributed by atoms with Crippen LogP contribution in [-0.4, -0.2) is 26.5 Å². The minimum Gasteiger partial charge on any atom is -0.335 e. The second-order valence-electron chi connectivity index (χ2n) is 5.00. The number of rotatable bonds is 5. The predicted octanol–water partition coefficient (Wildman–Crippen LogP) is 2.67. The van der Waals surface area contributed by atoms with E-state index >= 15 is 0 Å². The predicted molar refractivity (Wildman–Crippen MR) is 91.3 cm³/mol. The molecular weight excluding hydrogens is 348 g/mol. The van der Waals surface area contributed by atoms with Crippen LogP contribution in [0, 0.1) is 11.6 Å². The summed E-state index contributed by atoms with van der Waals surface area (Å²) in [7, 11) is 0. The summed E-state index contributed by atoms with van der Waals surface area (Å²) in [5.41, 5.74) is 0.702. The number of carbonyl (C=O) groups excluding carboxylic acids is 1. The van der Waals surface area contributed by atoms with Gasteiger partial charge in [-0.3, -0.25) is 4.79 Å². The third-order valence-electron chi connectivity index (χ3n) is 3.25. The van der Waals surface area contributed by atoms with Crippen molar-refractivity contribution in [1.29, 1.82) is 0 Å². The molecule has 3 aromatic rings. The molecule has 0 aliphatic rings. The zero-order valence-electron chi connectivity index (χ0n) is 12.8. The summed E-state index contributed by atoms with van der Waals surface area (Å²) >= 11 is 1.05. The number of benzene rings is 2. The zero-order valence-corrected chi connectivity index (χ0v) is 13.6. The summed E-state index contributed by atoms with van der Waals surface area (Å²) < 4.78 is 27.7. The lowest BCUT2D eigenvalue weighted by Crippen LogP contribution is -2.17. The van der Waals surface area contributed by atoms with Gasteiger partial charge in [-0.1, -0.05) is 23.9 Å². The van der Waals surface area contributed by atoms with Gasteiger partial charge in [0.15, 0.2) is 5.82 Å². The highest BCUT2D eigenvalue weighted by molar-refractivity contribution is 7.99. The lowest BCUT2D eigenvalue weighted by molar-refractivity contribution is -0.113. The van der Waals surface area contributed by atoms with E-state index in [0.717, 1.165) is 11.8 Å². The number of anilines is 1. The molecule has 9 heteroatoms. The van der Waals surface area contributed by atoms with Gasteiger partial charge in [0, 0.05) is 5.56 Å². The highest BCUT2D eigenvalue weighted by Gasteiger charge is 2.14. The van der Waals surface area contributed by atoms with Gasteiger partial charge in [-0.15, -0.1) is 10.2 Å². The number of nitrogens with zero attached hydrogens (tertiary/aromatic N) is 3. The molecule has 1 amide bonds. The van der Waals surface area contributed by atoms with E-state index in [1.165, 1.54) is 47.1 Å². The number of hydrogen-bond donors (Lipinski definition) is 2. The summed E-state index contributed by atoms with van der Waals surface area (Å²) in [6.07, 6.45) is 0. The van der Waals surface area contributed by atoms with Gasteiger partial charge >= 0.3 is 0 Å². The molecule has 6 nitrogen and oxygen atoms in total. The minimum absolute atomic E-state index is 0.0207.